The van der Waals surface area contributed by atoms with Crippen LogP contribution >= 0.6 is 23.1 Å². The van der Waals surface area contributed by atoms with Crippen LogP contribution in [0.2, 0.25) is 0 Å². The highest BCUT2D eigenvalue weighted by Crippen LogP contribution is 2.37. The molecular formula is C25H30FN3O2S2. The molecular weight excluding hydrogens is 457 g/mol. The summed E-state index contributed by atoms with van der Waals surface area (Å²) in [5.74, 6) is 0.186. The first kappa shape index (κ1) is 24.0. The van der Waals surface area contributed by atoms with Crippen molar-refractivity contribution in [3.05, 3.63) is 50.9 Å². The average Bonchev–Trinajstić information content (AvgIpc) is 3.10. The number of hydrogen-bond acceptors (Lipinski definition) is 5. The van der Waals surface area contributed by atoms with Gasteiger partial charge in [-0.05, 0) is 70.6 Å². The standard InChI is InChI=1S/C25H30FN3O2S2/c1-14(2)28(15(3)4)21(30)13-32-25-27-23-22(17-11-10-16(5)12-20(17)33-23)24(31)29(25)19-9-7-6-8-18(19)26/h6-9,14-16H,10-13H2,1-5H3. The number of thiophene rings is 1. The van der Waals surface area contributed by atoms with Crippen LogP contribution in [0.25, 0.3) is 15.9 Å². The van der Waals surface area contributed by atoms with Crippen molar-refractivity contribution in [3.8, 4) is 5.69 Å². The van der Waals surface area contributed by atoms with E-state index in [4.69, 9.17) is 4.98 Å². The molecule has 0 bridgehead atoms. The highest BCUT2D eigenvalue weighted by atomic mass is 32.2. The molecule has 3 aromatic rings. The molecule has 1 atom stereocenters. The third-order valence-electron chi connectivity index (χ3n) is 6.12. The van der Waals surface area contributed by atoms with E-state index in [1.165, 1.54) is 27.3 Å². The summed E-state index contributed by atoms with van der Waals surface area (Å²) in [4.78, 5) is 35.3. The Labute approximate surface area is 202 Å². The van der Waals surface area contributed by atoms with Crippen molar-refractivity contribution in [1.82, 2.24) is 14.5 Å². The monoisotopic (exact) mass is 487 g/mol. The van der Waals surface area contributed by atoms with Gasteiger partial charge in [0.2, 0.25) is 5.91 Å². The smallest absolute Gasteiger partial charge is 0.267 e. The van der Waals surface area contributed by atoms with Gasteiger partial charge in [-0.25, -0.2) is 9.37 Å². The van der Waals surface area contributed by atoms with Gasteiger partial charge < -0.3 is 4.90 Å². The van der Waals surface area contributed by atoms with Gasteiger partial charge in [-0.3, -0.25) is 14.2 Å². The molecule has 0 fully saturated rings. The molecule has 8 heteroatoms. The van der Waals surface area contributed by atoms with E-state index < -0.39 is 5.82 Å². The van der Waals surface area contributed by atoms with E-state index in [2.05, 4.69) is 6.92 Å². The third-order valence-corrected chi connectivity index (χ3v) is 8.19. The van der Waals surface area contributed by atoms with Crippen LogP contribution in [-0.2, 0) is 17.6 Å². The van der Waals surface area contributed by atoms with Crippen molar-refractivity contribution in [2.75, 3.05) is 5.75 Å². The molecule has 0 radical (unpaired) electrons. The lowest BCUT2D eigenvalue weighted by Gasteiger charge is -2.30. The van der Waals surface area contributed by atoms with Crippen LogP contribution in [0, 0.1) is 11.7 Å². The van der Waals surface area contributed by atoms with Crippen molar-refractivity contribution in [3.63, 3.8) is 0 Å². The average molecular weight is 488 g/mol. The van der Waals surface area contributed by atoms with Crippen LogP contribution in [0.5, 0.6) is 0 Å². The molecule has 0 spiro atoms. The summed E-state index contributed by atoms with van der Waals surface area (Å²) in [7, 11) is 0. The van der Waals surface area contributed by atoms with Gasteiger partial charge in [0.25, 0.3) is 5.56 Å². The number of aryl methyl sites for hydroxylation is 1. The number of halogens is 1. The zero-order chi connectivity index (χ0) is 23.9. The maximum Gasteiger partial charge on any atom is 0.267 e. The Balaban J connectivity index is 1.83. The number of rotatable bonds is 6. The minimum atomic E-state index is -0.488. The van der Waals surface area contributed by atoms with Crippen molar-refractivity contribution >= 4 is 39.2 Å². The maximum absolute atomic E-state index is 14.8. The van der Waals surface area contributed by atoms with Gasteiger partial charge in [0.05, 0.1) is 16.8 Å². The molecule has 2 heterocycles. The Morgan fingerprint density at radius 1 is 1.27 bits per heavy atom. The summed E-state index contributed by atoms with van der Waals surface area (Å²) in [6, 6.07) is 6.37. The second-order valence-corrected chi connectivity index (χ2v) is 11.3. The molecule has 1 amide bonds. The quantitative estimate of drug-likeness (QED) is 0.343. The largest absolute Gasteiger partial charge is 0.337 e. The molecule has 2 aromatic heterocycles. The zero-order valence-corrected chi connectivity index (χ0v) is 21.4. The Morgan fingerprint density at radius 3 is 2.64 bits per heavy atom. The van der Waals surface area contributed by atoms with Crippen LogP contribution in [0.1, 0.15) is 51.5 Å². The summed E-state index contributed by atoms with van der Waals surface area (Å²) in [5, 5.41) is 0.955. The molecule has 4 rings (SSSR count). The lowest BCUT2D eigenvalue weighted by Crippen LogP contribution is -2.43. The number of carbonyl (C=O) groups excluding carboxylic acids is 1. The number of fused-ring (bicyclic) bond motifs is 3. The fraction of sp³-hybridized carbons (Fsp3) is 0.480. The summed E-state index contributed by atoms with van der Waals surface area (Å²) in [5.41, 5.74) is 0.978. The number of benzene rings is 1. The minimum absolute atomic E-state index is 0.0290. The normalized spacial score (nSPS) is 15.9. The second-order valence-electron chi connectivity index (χ2n) is 9.30. The first-order valence-electron chi connectivity index (χ1n) is 11.4. The van der Waals surface area contributed by atoms with Gasteiger partial charge in [-0.2, -0.15) is 0 Å². The summed E-state index contributed by atoms with van der Waals surface area (Å²) < 4.78 is 16.2. The number of carbonyl (C=O) groups is 1. The topological polar surface area (TPSA) is 55.2 Å². The third kappa shape index (κ3) is 4.60. The number of thioether (sulfide) groups is 1. The van der Waals surface area contributed by atoms with Gasteiger partial charge in [-0.1, -0.05) is 30.8 Å². The molecule has 1 aromatic carbocycles. The van der Waals surface area contributed by atoms with Gasteiger partial charge in [0.15, 0.2) is 5.16 Å². The Morgan fingerprint density at radius 2 is 1.97 bits per heavy atom. The maximum atomic E-state index is 14.8. The van der Waals surface area contributed by atoms with E-state index >= 15 is 0 Å². The number of nitrogens with zero attached hydrogens (tertiary/aromatic N) is 3. The van der Waals surface area contributed by atoms with E-state index in [1.54, 1.807) is 29.5 Å². The van der Waals surface area contributed by atoms with Crippen molar-refractivity contribution in [1.29, 1.82) is 0 Å². The zero-order valence-electron chi connectivity index (χ0n) is 19.7. The highest BCUT2D eigenvalue weighted by molar-refractivity contribution is 7.99. The predicted octanol–water partition coefficient (Wildman–Crippen LogP) is 5.45. The summed E-state index contributed by atoms with van der Waals surface area (Å²) >= 11 is 2.76. The number of para-hydroxylation sites is 1. The van der Waals surface area contributed by atoms with E-state index in [1.807, 2.05) is 32.6 Å². The molecule has 0 N–H and O–H groups in total. The lowest BCUT2D eigenvalue weighted by atomic mass is 9.89. The second kappa shape index (κ2) is 9.58. The first-order chi connectivity index (χ1) is 15.7. The first-order valence-corrected chi connectivity index (χ1v) is 13.2. The predicted molar refractivity (Wildman–Crippen MR) is 134 cm³/mol. The van der Waals surface area contributed by atoms with E-state index in [0.29, 0.717) is 21.3 Å². The summed E-state index contributed by atoms with van der Waals surface area (Å²) in [6.07, 6.45) is 2.81. The molecule has 33 heavy (non-hydrogen) atoms. The Bertz CT molecular complexity index is 1240. The van der Waals surface area contributed by atoms with Crippen LogP contribution in [0.3, 0.4) is 0 Å². The van der Waals surface area contributed by atoms with E-state index in [9.17, 15) is 14.0 Å². The SMILES string of the molecule is CC1CCc2c(sc3nc(SCC(=O)N(C(C)C)C(C)C)n(-c4ccccc4F)c(=O)c23)C1. The molecule has 176 valence electrons. The summed E-state index contributed by atoms with van der Waals surface area (Å²) in [6.45, 7) is 10.2. The van der Waals surface area contributed by atoms with Crippen LogP contribution < -0.4 is 5.56 Å². The van der Waals surface area contributed by atoms with Crippen LogP contribution in [0.4, 0.5) is 4.39 Å². The number of hydrogen-bond donors (Lipinski definition) is 0. The fourth-order valence-corrected chi connectivity index (χ4v) is 6.99. The van der Waals surface area contributed by atoms with Crippen LogP contribution in [0.15, 0.2) is 34.2 Å². The van der Waals surface area contributed by atoms with Gasteiger partial charge >= 0.3 is 0 Å². The van der Waals surface area contributed by atoms with E-state index in [0.717, 1.165) is 24.8 Å². The Kier molecular flexibility index (Phi) is 6.96. The van der Waals surface area contributed by atoms with Gasteiger partial charge in [0.1, 0.15) is 10.6 Å². The van der Waals surface area contributed by atoms with Crippen LogP contribution in [-0.4, -0.2) is 38.2 Å². The minimum Gasteiger partial charge on any atom is -0.337 e. The highest BCUT2D eigenvalue weighted by Gasteiger charge is 2.27. The van der Waals surface area contributed by atoms with Crippen molar-refractivity contribution < 1.29 is 9.18 Å². The molecule has 1 aliphatic carbocycles. The molecule has 0 aliphatic heterocycles. The Hall–Kier alpha value is -2.19. The van der Waals surface area contributed by atoms with Crippen molar-refractivity contribution in [2.45, 2.75) is 71.1 Å². The lowest BCUT2D eigenvalue weighted by molar-refractivity contribution is -0.131. The molecule has 0 saturated heterocycles. The van der Waals surface area contributed by atoms with Gasteiger partial charge in [0, 0.05) is 17.0 Å². The number of amides is 1. The van der Waals surface area contributed by atoms with E-state index in [-0.39, 0.29) is 35.0 Å². The fourth-order valence-electron chi connectivity index (χ4n) is 4.69. The van der Waals surface area contributed by atoms with Gasteiger partial charge in [-0.15, -0.1) is 11.3 Å². The molecule has 1 aliphatic rings. The molecule has 5 nitrogen and oxygen atoms in total. The van der Waals surface area contributed by atoms with Crippen molar-refractivity contribution in [2.24, 2.45) is 5.92 Å². The number of aromatic nitrogens is 2. The molecule has 1 unspecified atom stereocenters. The molecule has 0 saturated carbocycles.